The van der Waals surface area contributed by atoms with Crippen molar-refractivity contribution in [1.29, 1.82) is 0 Å². The van der Waals surface area contributed by atoms with Crippen LogP contribution in [0.2, 0.25) is 0 Å². The molecule has 0 saturated carbocycles. The summed E-state index contributed by atoms with van der Waals surface area (Å²) >= 11 is 0. The SMILES string of the molecule is COc1cc(/C=N\NC(=O)CCc2ccccc2)cc(OC)c1OC. The molecule has 1 N–H and O–H groups in total. The maximum Gasteiger partial charge on any atom is 0.240 e. The second kappa shape index (κ2) is 9.32. The van der Waals surface area contributed by atoms with Gasteiger partial charge >= 0.3 is 0 Å². The average Bonchev–Trinajstić information content (AvgIpc) is 2.66. The molecule has 6 nitrogen and oxygen atoms in total. The van der Waals surface area contributed by atoms with Crippen LogP contribution in [-0.2, 0) is 11.2 Å². The maximum absolute atomic E-state index is 11.9. The number of aryl methyl sites for hydroxylation is 1. The van der Waals surface area contributed by atoms with E-state index in [0.29, 0.717) is 30.1 Å². The van der Waals surface area contributed by atoms with Gasteiger partial charge in [0.2, 0.25) is 11.7 Å². The van der Waals surface area contributed by atoms with Crippen molar-refractivity contribution in [3.8, 4) is 17.2 Å². The Morgan fingerprint density at radius 2 is 1.68 bits per heavy atom. The Morgan fingerprint density at radius 1 is 1.04 bits per heavy atom. The van der Waals surface area contributed by atoms with Gasteiger partial charge in [0.05, 0.1) is 27.5 Å². The van der Waals surface area contributed by atoms with E-state index in [4.69, 9.17) is 14.2 Å². The van der Waals surface area contributed by atoms with Crippen LogP contribution in [-0.4, -0.2) is 33.5 Å². The molecule has 0 aromatic heterocycles. The highest BCUT2D eigenvalue weighted by Gasteiger charge is 2.12. The van der Waals surface area contributed by atoms with Gasteiger partial charge in [-0.15, -0.1) is 0 Å². The van der Waals surface area contributed by atoms with Gasteiger partial charge in [-0.3, -0.25) is 4.79 Å². The highest BCUT2D eigenvalue weighted by atomic mass is 16.5. The number of hydrazone groups is 1. The predicted molar refractivity (Wildman–Crippen MR) is 96.6 cm³/mol. The highest BCUT2D eigenvalue weighted by Crippen LogP contribution is 2.37. The molecule has 0 heterocycles. The van der Waals surface area contributed by atoms with E-state index in [-0.39, 0.29) is 5.91 Å². The summed E-state index contributed by atoms with van der Waals surface area (Å²) in [5, 5.41) is 3.98. The summed E-state index contributed by atoms with van der Waals surface area (Å²) < 4.78 is 15.8. The monoisotopic (exact) mass is 342 g/mol. The molecule has 0 aliphatic rings. The second-order valence-electron chi connectivity index (χ2n) is 5.24. The summed E-state index contributed by atoms with van der Waals surface area (Å²) in [4.78, 5) is 11.9. The molecule has 0 spiro atoms. The summed E-state index contributed by atoms with van der Waals surface area (Å²) in [6.07, 6.45) is 2.58. The first-order valence-corrected chi connectivity index (χ1v) is 7.83. The minimum absolute atomic E-state index is 0.146. The summed E-state index contributed by atoms with van der Waals surface area (Å²) in [6.45, 7) is 0. The molecule has 2 rings (SSSR count). The fraction of sp³-hybridized carbons (Fsp3) is 0.263. The molecule has 0 aliphatic carbocycles. The summed E-state index contributed by atoms with van der Waals surface area (Å²) in [7, 11) is 4.63. The highest BCUT2D eigenvalue weighted by molar-refractivity contribution is 5.84. The maximum atomic E-state index is 11.9. The standard InChI is InChI=1S/C19H22N2O4/c1-23-16-11-15(12-17(24-2)19(16)25-3)13-20-21-18(22)10-9-14-7-5-4-6-8-14/h4-8,11-13H,9-10H2,1-3H3,(H,21,22)/b20-13-. The number of hydrogen-bond donors (Lipinski definition) is 1. The average molecular weight is 342 g/mol. The Bertz CT molecular complexity index is 704. The first kappa shape index (κ1) is 18.3. The van der Waals surface area contributed by atoms with E-state index >= 15 is 0 Å². The Labute approximate surface area is 147 Å². The number of rotatable bonds is 8. The summed E-state index contributed by atoms with van der Waals surface area (Å²) in [6, 6.07) is 13.3. The van der Waals surface area contributed by atoms with Gasteiger partial charge in [0, 0.05) is 12.0 Å². The fourth-order valence-corrected chi connectivity index (χ4v) is 2.31. The van der Waals surface area contributed by atoms with Crippen molar-refractivity contribution in [3.05, 3.63) is 53.6 Å². The van der Waals surface area contributed by atoms with Crippen LogP contribution in [0.3, 0.4) is 0 Å². The lowest BCUT2D eigenvalue weighted by molar-refractivity contribution is -0.121. The normalized spacial score (nSPS) is 10.5. The number of carbonyl (C=O) groups is 1. The molecule has 1 amide bonds. The van der Waals surface area contributed by atoms with E-state index in [1.165, 1.54) is 6.21 Å². The van der Waals surface area contributed by atoms with Gasteiger partial charge in [0.15, 0.2) is 11.5 Å². The molecule has 6 heteroatoms. The number of methoxy groups -OCH3 is 3. The Kier molecular flexibility index (Phi) is 6.83. The van der Waals surface area contributed by atoms with Crippen molar-refractivity contribution in [2.45, 2.75) is 12.8 Å². The van der Waals surface area contributed by atoms with E-state index in [9.17, 15) is 4.79 Å². The lowest BCUT2D eigenvalue weighted by Gasteiger charge is -2.12. The molecule has 0 aliphatic heterocycles. The molecular formula is C19H22N2O4. The molecule has 0 radical (unpaired) electrons. The topological polar surface area (TPSA) is 69.2 Å². The van der Waals surface area contributed by atoms with Crippen LogP contribution in [0.15, 0.2) is 47.6 Å². The number of nitrogens with one attached hydrogen (secondary N) is 1. The lowest BCUT2D eigenvalue weighted by atomic mass is 10.1. The van der Waals surface area contributed by atoms with Crippen LogP contribution >= 0.6 is 0 Å². The van der Waals surface area contributed by atoms with Crippen molar-refractivity contribution in [1.82, 2.24) is 5.43 Å². The fourth-order valence-electron chi connectivity index (χ4n) is 2.31. The predicted octanol–water partition coefficient (Wildman–Crippen LogP) is 2.80. The third-order valence-electron chi connectivity index (χ3n) is 3.57. The van der Waals surface area contributed by atoms with Crippen LogP contribution in [0.1, 0.15) is 17.5 Å². The number of ether oxygens (including phenoxy) is 3. The summed E-state index contributed by atoms with van der Waals surface area (Å²) in [5.74, 6) is 1.42. The molecule has 2 aromatic rings. The van der Waals surface area contributed by atoms with Gasteiger partial charge < -0.3 is 14.2 Å². The first-order valence-electron chi connectivity index (χ1n) is 7.83. The molecular weight excluding hydrogens is 320 g/mol. The van der Waals surface area contributed by atoms with Crippen LogP contribution in [0.25, 0.3) is 0 Å². The number of nitrogens with zero attached hydrogens (tertiary/aromatic N) is 1. The molecule has 0 fully saturated rings. The smallest absolute Gasteiger partial charge is 0.240 e. The van der Waals surface area contributed by atoms with Crippen LogP contribution in [0, 0.1) is 0 Å². The van der Waals surface area contributed by atoms with Gasteiger partial charge in [-0.2, -0.15) is 5.10 Å². The minimum Gasteiger partial charge on any atom is -0.493 e. The van der Waals surface area contributed by atoms with Gasteiger partial charge in [0.25, 0.3) is 0 Å². The number of benzene rings is 2. The Morgan fingerprint density at radius 3 is 2.24 bits per heavy atom. The molecule has 132 valence electrons. The molecule has 0 atom stereocenters. The van der Waals surface area contributed by atoms with Crippen molar-refractivity contribution >= 4 is 12.1 Å². The first-order chi connectivity index (χ1) is 12.2. The zero-order chi connectivity index (χ0) is 18.1. The van der Waals surface area contributed by atoms with Gasteiger partial charge in [-0.25, -0.2) is 5.43 Å². The third kappa shape index (κ3) is 5.24. The van der Waals surface area contributed by atoms with Crippen LogP contribution in [0.5, 0.6) is 17.2 Å². The van der Waals surface area contributed by atoms with E-state index in [1.807, 2.05) is 30.3 Å². The molecule has 0 unspecified atom stereocenters. The van der Waals surface area contributed by atoms with E-state index in [1.54, 1.807) is 33.5 Å². The number of amides is 1. The van der Waals surface area contributed by atoms with E-state index < -0.39 is 0 Å². The van der Waals surface area contributed by atoms with Gasteiger partial charge in [0.1, 0.15) is 0 Å². The number of carbonyl (C=O) groups excluding carboxylic acids is 1. The largest absolute Gasteiger partial charge is 0.493 e. The van der Waals surface area contributed by atoms with Crippen LogP contribution in [0.4, 0.5) is 0 Å². The minimum atomic E-state index is -0.146. The zero-order valence-corrected chi connectivity index (χ0v) is 14.6. The van der Waals surface area contributed by atoms with E-state index in [2.05, 4.69) is 10.5 Å². The molecule has 25 heavy (non-hydrogen) atoms. The molecule has 0 bridgehead atoms. The van der Waals surface area contributed by atoms with Gasteiger partial charge in [-0.05, 0) is 24.1 Å². The Hall–Kier alpha value is -3.02. The molecule has 0 saturated heterocycles. The summed E-state index contributed by atoms with van der Waals surface area (Å²) in [5.41, 5.74) is 4.36. The third-order valence-corrected chi connectivity index (χ3v) is 3.57. The Balaban J connectivity index is 1.96. The van der Waals surface area contributed by atoms with Crippen molar-refractivity contribution in [3.63, 3.8) is 0 Å². The van der Waals surface area contributed by atoms with Crippen molar-refractivity contribution in [2.24, 2.45) is 5.10 Å². The van der Waals surface area contributed by atoms with E-state index in [0.717, 1.165) is 11.1 Å². The second-order valence-corrected chi connectivity index (χ2v) is 5.24. The van der Waals surface area contributed by atoms with Gasteiger partial charge in [-0.1, -0.05) is 30.3 Å². The lowest BCUT2D eigenvalue weighted by Crippen LogP contribution is -2.17. The quantitative estimate of drug-likeness (QED) is 0.592. The molecule has 2 aromatic carbocycles. The zero-order valence-electron chi connectivity index (χ0n) is 14.6. The van der Waals surface area contributed by atoms with Crippen molar-refractivity contribution in [2.75, 3.05) is 21.3 Å². The number of hydrogen-bond acceptors (Lipinski definition) is 5. The van der Waals surface area contributed by atoms with Crippen LogP contribution < -0.4 is 19.6 Å². The van der Waals surface area contributed by atoms with Crippen molar-refractivity contribution < 1.29 is 19.0 Å².